The van der Waals surface area contributed by atoms with Gasteiger partial charge < -0.3 is 5.73 Å². The highest BCUT2D eigenvalue weighted by atomic mass is 32.2. The van der Waals surface area contributed by atoms with Crippen molar-refractivity contribution in [2.45, 2.75) is 25.3 Å². The van der Waals surface area contributed by atoms with Gasteiger partial charge in [0.1, 0.15) is 0 Å². The molecule has 0 fully saturated rings. The zero-order valence-electron chi connectivity index (χ0n) is 9.19. The summed E-state index contributed by atoms with van der Waals surface area (Å²) in [5.41, 5.74) is 7.20. The van der Waals surface area contributed by atoms with Crippen molar-refractivity contribution in [3.05, 3.63) is 35.9 Å². The molecule has 2 unspecified atom stereocenters. The van der Waals surface area contributed by atoms with Crippen molar-refractivity contribution >= 4 is 10.8 Å². The van der Waals surface area contributed by atoms with E-state index in [0.29, 0.717) is 5.75 Å². The molecule has 0 saturated heterocycles. The zero-order valence-corrected chi connectivity index (χ0v) is 10.0. The van der Waals surface area contributed by atoms with Crippen LogP contribution < -0.4 is 5.73 Å². The lowest BCUT2D eigenvalue weighted by molar-refractivity contribution is 0.619. The van der Waals surface area contributed by atoms with Crippen LogP contribution in [0.3, 0.4) is 0 Å². The molecule has 0 bridgehead atoms. The molecule has 15 heavy (non-hydrogen) atoms. The lowest BCUT2D eigenvalue weighted by Crippen LogP contribution is -2.26. The van der Waals surface area contributed by atoms with Gasteiger partial charge in [0, 0.05) is 28.9 Å². The zero-order chi connectivity index (χ0) is 11.1. The van der Waals surface area contributed by atoms with Gasteiger partial charge in [0.25, 0.3) is 0 Å². The summed E-state index contributed by atoms with van der Waals surface area (Å²) in [5, 5.41) is 0. The molecule has 2 nitrogen and oxygen atoms in total. The molecule has 0 aliphatic rings. The van der Waals surface area contributed by atoms with Crippen LogP contribution in [0, 0.1) is 0 Å². The summed E-state index contributed by atoms with van der Waals surface area (Å²) < 4.78 is 10.9. The predicted molar refractivity (Wildman–Crippen MR) is 66.3 cm³/mol. The molecule has 2 atom stereocenters. The molecule has 1 aromatic carbocycles. The molecule has 3 heteroatoms. The average molecular weight is 225 g/mol. The number of aryl methyl sites for hydroxylation is 1. The highest BCUT2D eigenvalue weighted by molar-refractivity contribution is 7.84. The first kappa shape index (κ1) is 12.4. The maximum Gasteiger partial charge on any atom is 0.0383 e. The number of hydrogen-bond donors (Lipinski definition) is 1. The summed E-state index contributed by atoms with van der Waals surface area (Å²) in [6.45, 7) is 0. The first-order valence-electron chi connectivity index (χ1n) is 5.28. The second kappa shape index (κ2) is 6.75. The Labute approximate surface area is 94.3 Å². The van der Waals surface area contributed by atoms with Crippen LogP contribution in [-0.4, -0.2) is 22.3 Å². The van der Waals surface area contributed by atoms with E-state index >= 15 is 0 Å². The third-order valence-electron chi connectivity index (χ3n) is 2.33. The van der Waals surface area contributed by atoms with Gasteiger partial charge in [0.15, 0.2) is 0 Å². The van der Waals surface area contributed by atoms with E-state index in [4.69, 9.17) is 5.73 Å². The summed E-state index contributed by atoms with van der Waals surface area (Å²) in [6, 6.07) is 10.5. The normalized spacial score (nSPS) is 14.8. The fraction of sp³-hybridized carbons (Fsp3) is 0.500. The maximum absolute atomic E-state index is 10.9. The fourth-order valence-electron chi connectivity index (χ4n) is 1.60. The van der Waals surface area contributed by atoms with Gasteiger partial charge in [-0.3, -0.25) is 4.21 Å². The van der Waals surface area contributed by atoms with Gasteiger partial charge in [-0.2, -0.15) is 0 Å². The first-order chi connectivity index (χ1) is 7.18. The van der Waals surface area contributed by atoms with E-state index in [1.54, 1.807) is 6.26 Å². The van der Waals surface area contributed by atoms with Crippen molar-refractivity contribution in [3.8, 4) is 0 Å². The Kier molecular flexibility index (Phi) is 5.58. The molecule has 0 aliphatic heterocycles. The van der Waals surface area contributed by atoms with Crippen LogP contribution >= 0.6 is 0 Å². The predicted octanol–water partition coefficient (Wildman–Crippen LogP) is 1.72. The van der Waals surface area contributed by atoms with E-state index in [1.165, 1.54) is 5.56 Å². The van der Waals surface area contributed by atoms with Crippen molar-refractivity contribution in [3.63, 3.8) is 0 Å². The molecule has 0 amide bonds. The van der Waals surface area contributed by atoms with E-state index in [9.17, 15) is 4.21 Å². The van der Waals surface area contributed by atoms with E-state index in [0.717, 1.165) is 19.3 Å². The Balaban J connectivity index is 2.19. The average Bonchev–Trinajstić information content (AvgIpc) is 2.18. The second-order valence-corrected chi connectivity index (χ2v) is 5.36. The molecule has 1 rings (SSSR count). The Morgan fingerprint density at radius 1 is 1.33 bits per heavy atom. The Bertz CT molecular complexity index is 300. The topological polar surface area (TPSA) is 43.1 Å². The van der Waals surface area contributed by atoms with Gasteiger partial charge in [-0.1, -0.05) is 30.3 Å². The van der Waals surface area contributed by atoms with Crippen molar-refractivity contribution < 1.29 is 4.21 Å². The molecular weight excluding hydrogens is 206 g/mol. The summed E-state index contributed by atoms with van der Waals surface area (Å²) in [7, 11) is -0.769. The largest absolute Gasteiger partial charge is 0.327 e. The third-order valence-corrected chi connectivity index (χ3v) is 3.23. The second-order valence-electron chi connectivity index (χ2n) is 3.88. The lowest BCUT2D eigenvalue weighted by Gasteiger charge is -2.09. The highest BCUT2D eigenvalue weighted by Gasteiger charge is 2.04. The molecular formula is C12H19NOS. The summed E-state index contributed by atoms with van der Waals surface area (Å²) in [4.78, 5) is 0. The van der Waals surface area contributed by atoms with Crippen LogP contribution in [0.25, 0.3) is 0 Å². The van der Waals surface area contributed by atoms with Gasteiger partial charge in [0.2, 0.25) is 0 Å². The molecule has 0 aliphatic carbocycles. The minimum absolute atomic E-state index is 0.0829. The van der Waals surface area contributed by atoms with Gasteiger partial charge >= 0.3 is 0 Å². The first-order valence-corrected chi connectivity index (χ1v) is 7.00. The van der Waals surface area contributed by atoms with Gasteiger partial charge in [-0.25, -0.2) is 0 Å². The van der Waals surface area contributed by atoms with Crippen LogP contribution in [0.4, 0.5) is 0 Å². The quantitative estimate of drug-likeness (QED) is 0.801. The van der Waals surface area contributed by atoms with Crippen molar-refractivity contribution in [1.29, 1.82) is 0 Å². The van der Waals surface area contributed by atoms with E-state index < -0.39 is 10.8 Å². The minimum Gasteiger partial charge on any atom is -0.327 e. The lowest BCUT2D eigenvalue weighted by atomic mass is 10.1. The molecule has 0 radical (unpaired) electrons. The molecule has 84 valence electrons. The Morgan fingerprint density at radius 3 is 2.60 bits per heavy atom. The van der Waals surface area contributed by atoms with Crippen LogP contribution in [0.5, 0.6) is 0 Å². The minimum atomic E-state index is -0.769. The van der Waals surface area contributed by atoms with Crippen molar-refractivity contribution in [1.82, 2.24) is 0 Å². The van der Waals surface area contributed by atoms with Crippen molar-refractivity contribution in [2.24, 2.45) is 5.73 Å². The summed E-state index contributed by atoms with van der Waals surface area (Å²) in [6.07, 6.45) is 4.79. The molecule has 0 aromatic heterocycles. The summed E-state index contributed by atoms with van der Waals surface area (Å²) in [5.74, 6) is 0.620. The Morgan fingerprint density at radius 2 is 2.00 bits per heavy atom. The molecule has 1 aromatic rings. The molecule has 0 saturated carbocycles. The standard InChI is InChI=1S/C12H19NOS/c1-15(14)10-12(13)9-5-8-11-6-3-2-4-7-11/h2-4,6-7,12H,5,8-10,13H2,1H3. The van der Waals surface area contributed by atoms with E-state index in [2.05, 4.69) is 24.3 Å². The van der Waals surface area contributed by atoms with Crippen molar-refractivity contribution in [2.75, 3.05) is 12.0 Å². The van der Waals surface area contributed by atoms with Crippen LogP contribution in [0.15, 0.2) is 30.3 Å². The number of benzene rings is 1. The molecule has 2 N–H and O–H groups in total. The van der Waals surface area contributed by atoms with Crippen LogP contribution in [0.1, 0.15) is 18.4 Å². The third kappa shape index (κ3) is 5.70. The monoisotopic (exact) mass is 225 g/mol. The fourth-order valence-corrected chi connectivity index (χ4v) is 2.37. The van der Waals surface area contributed by atoms with E-state index in [1.807, 2.05) is 6.07 Å². The Hall–Kier alpha value is -0.670. The summed E-state index contributed by atoms with van der Waals surface area (Å²) >= 11 is 0. The molecule has 0 heterocycles. The van der Waals surface area contributed by atoms with Gasteiger partial charge in [0.05, 0.1) is 0 Å². The number of rotatable bonds is 6. The highest BCUT2D eigenvalue weighted by Crippen LogP contribution is 2.06. The SMILES string of the molecule is CS(=O)CC(N)CCCc1ccccc1. The van der Waals surface area contributed by atoms with Crippen LogP contribution in [0.2, 0.25) is 0 Å². The van der Waals surface area contributed by atoms with Crippen LogP contribution in [-0.2, 0) is 17.2 Å². The van der Waals surface area contributed by atoms with Gasteiger partial charge in [-0.15, -0.1) is 0 Å². The number of hydrogen-bond acceptors (Lipinski definition) is 2. The number of nitrogens with two attached hydrogens (primary N) is 1. The van der Waals surface area contributed by atoms with Gasteiger partial charge in [-0.05, 0) is 24.8 Å². The smallest absolute Gasteiger partial charge is 0.0383 e. The molecule has 0 spiro atoms. The maximum atomic E-state index is 10.9. The van der Waals surface area contributed by atoms with E-state index in [-0.39, 0.29) is 6.04 Å².